The smallest absolute Gasteiger partial charge is 0.250 e. The largest absolute Gasteiger partial charge is 0.343 e. The van der Waals surface area contributed by atoms with Crippen molar-refractivity contribution in [3.05, 3.63) is 106 Å². The molecule has 2 aliphatic rings. The van der Waals surface area contributed by atoms with Gasteiger partial charge in [-0.3, -0.25) is 9.59 Å². The number of pyridine rings is 1. The van der Waals surface area contributed by atoms with Gasteiger partial charge in [-0.1, -0.05) is 36.4 Å². The highest BCUT2D eigenvalue weighted by Gasteiger charge is 2.40. The molecule has 2 atom stereocenters. The number of nitrogens with one attached hydrogen (secondary N) is 1. The highest BCUT2D eigenvalue weighted by Crippen LogP contribution is 2.37. The number of piperidine rings is 1. The van der Waals surface area contributed by atoms with Crippen LogP contribution in [-0.2, 0) is 24.9 Å². The molecule has 2 fully saturated rings. The zero-order valence-corrected chi connectivity index (χ0v) is 21.6. The van der Waals surface area contributed by atoms with Crippen LogP contribution in [0.4, 0.5) is 4.39 Å². The maximum absolute atomic E-state index is 15.2. The van der Waals surface area contributed by atoms with E-state index in [0.29, 0.717) is 25.0 Å². The second-order valence-electron chi connectivity index (χ2n) is 10.7. The van der Waals surface area contributed by atoms with Gasteiger partial charge >= 0.3 is 0 Å². The van der Waals surface area contributed by atoms with Crippen LogP contribution in [-0.4, -0.2) is 39.1 Å². The van der Waals surface area contributed by atoms with Gasteiger partial charge in [0, 0.05) is 56.6 Å². The van der Waals surface area contributed by atoms with Crippen LogP contribution in [0.2, 0.25) is 0 Å². The molecule has 4 aromatic rings. The second-order valence-corrected chi connectivity index (χ2v) is 10.7. The number of aryl methyl sites for hydroxylation is 1. The van der Waals surface area contributed by atoms with Crippen molar-refractivity contribution in [1.29, 1.82) is 0 Å². The molecule has 3 heterocycles. The molecule has 196 valence electrons. The van der Waals surface area contributed by atoms with E-state index in [1.54, 1.807) is 29.9 Å². The molecule has 1 amide bonds. The summed E-state index contributed by atoms with van der Waals surface area (Å²) in [5.74, 6) is -0.454. The first-order valence-corrected chi connectivity index (χ1v) is 13.5. The van der Waals surface area contributed by atoms with Crippen molar-refractivity contribution in [3.8, 4) is 0 Å². The molecule has 1 N–H and O–H groups in total. The number of hydrogen-bond donors (Lipinski definition) is 1. The molecule has 2 aromatic carbocycles. The summed E-state index contributed by atoms with van der Waals surface area (Å²) in [6, 6.07) is 19.1. The van der Waals surface area contributed by atoms with Crippen molar-refractivity contribution >= 4 is 16.8 Å². The molecule has 0 bridgehead atoms. The summed E-state index contributed by atoms with van der Waals surface area (Å²) >= 11 is 0. The Balaban J connectivity index is 1.33. The van der Waals surface area contributed by atoms with Gasteiger partial charge in [0.1, 0.15) is 5.82 Å². The predicted octanol–water partition coefficient (Wildman–Crippen LogP) is 4.41. The van der Waals surface area contributed by atoms with Gasteiger partial charge in [-0.2, -0.15) is 0 Å². The van der Waals surface area contributed by atoms with Crippen LogP contribution in [0.5, 0.6) is 0 Å². The molecule has 0 radical (unpaired) electrons. The maximum Gasteiger partial charge on any atom is 0.250 e. The van der Waals surface area contributed by atoms with Crippen LogP contribution >= 0.6 is 0 Å². The van der Waals surface area contributed by atoms with Gasteiger partial charge in [-0.05, 0) is 66.6 Å². The fourth-order valence-corrected chi connectivity index (χ4v) is 5.90. The SMILES string of the molecule is Cn1ccc([C@@H]2CCNC[C@H]2C(=O)N(Cc2cn(Cc3ccccc3)c3cccc(F)c23)C2CC2)cc1=O. The minimum atomic E-state index is -0.265. The number of carbonyl (C=O) groups excluding carboxylic acids is 1. The third kappa shape index (κ3) is 4.78. The molecule has 7 heteroatoms. The van der Waals surface area contributed by atoms with Crippen LogP contribution < -0.4 is 10.9 Å². The van der Waals surface area contributed by atoms with E-state index >= 15 is 4.39 Å². The fraction of sp³-hybridized carbons (Fsp3) is 0.355. The van der Waals surface area contributed by atoms with Crippen molar-refractivity contribution in [2.45, 2.75) is 44.3 Å². The Hall–Kier alpha value is -3.71. The first kappa shape index (κ1) is 24.6. The highest BCUT2D eigenvalue weighted by atomic mass is 19.1. The Labute approximate surface area is 221 Å². The van der Waals surface area contributed by atoms with Crippen molar-refractivity contribution < 1.29 is 9.18 Å². The normalized spacial score (nSPS) is 19.5. The average Bonchev–Trinajstić information content (AvgIpc) is 3.72. The number of hydrogen-bond acceptors (Lipinski definition) is 3. The number of aromatic nitrogens is 2. The molecule has 6 nitrogen and oxygen atoms in total. The summed E-state index contributed by atoms with van der Waals surface area (Å²) in [6.45, 7) is 2.40. The summed E-state index contributed by atoms with van der Waals surface area (Å²) in [7, 11) is 1.74. The van der Waals surface area contributed by atoms with E-state index in [1.165, 1.54) is 6.07 Å². The summed E-state index contributed by atoms with van der Waals surface area (Å²) in [6.07, 6.45) is 6.53. The monoisotopic (exact) mass is 512 g/mol. The predicted molar refractivity (Wildman–Crippen MR) is 146 cm³/mol. The van der Waals surface area contributed by atoms with Crippen LogP contribution in [0.25, 0.3) is 10.9 Å². The zero-order chi connectivity index (χ0) is 26.2. The molecular weight excluding hydrogens is 479 g/mol. The minimum Gasteiger partial charge on any atom is -0.343 e. The lowest BCUT2D eigenvalue weighted by Gasteiger charge is -2.35. The third-order valence-electron chi connectivity index (χ3n) is 8.10. The van der Waals surface area contributed by atoms with Gasteiger partial charge in [-0.15, -0.1) is 0 Å². The minimum absolute atomic E-state index is 0.0185. The lowest BCUT2D eigenvalue weighted by molar-refractivity contribution is -0.138. The van der Waals surface area contributed by atoms with Crippen LogP contribution in [0.3, 0.4) is 0 Å². The molecule has 38 heavy (non-hydrogen) atoms. The van der Waals surface area contributed by atoms with Crippen molar-refractivity contribution in [2.24, 2.45) is 13.0 Å². The molecule has 1 aliphatic heterocycles. The highest BCUT2D eigenvalue weighted by molar-refractivity contribution is 5.86. The molecular formula is C31H33FN4O2. The van der Waals surface area contributed by atoms with E-state index in [0.717, 1.165) is 48.0 Å². The number of halogens is 1. The van der Waals surface area contributed by atoms with Crippen molar-refractivity contribution in [2.75, 3.05) is 13.1 Å². The Morgan fingerprint density at radius 1 is 1.08 bits per heavy atom. The van der Waals surface area contributed by atoms with Crippen LogP contribution in [0.15, 0.2) is 77.9 Å². The number of nitrogens with zero attached hydrogens (tertiary/aromatic N) is 3. The molecule has 1 saturated carbocycles. The Kier molecular flexibility index (Phi) is 6.62. The summed E-state index contributed by atoms with van der Waals surface area (Å²) < 4.78 is 18.9. The topological polar surface area (TPSA) is 59.3 Å². The Bertz CT molecular complexity index is 1520. The Morgan fingerprint density at radius 2 is 1.89 bits per heavy atom. The lowest BCUT2D eigenvalue weighted by atomic mass is 9.80. The molecule has 1 saturated heterocycles. The lowest BCUT2D eigenvalue weighted by Crippen LogP contribution is -2.47. The number of benzene rings is 2. The third-order valence-corrected chi connectivity index (χ3v) is 8.10. The summed E-state index contributed by atoms with van der Waals surface area (Å²) in [5.41, 5.74) is 3.68. The molecule has 6 rings (SSSR count). The van der Waals surface area contributed by atoms with E-state index in [9.17, 15) is 9.59 Å². The van der Waals surface area contributed by atoms with Crippen LogP contribution in [0, 0.1) is 11.7 Å². The van der Waals surface area contributed by atoms with E-state index < -0.39 is 0 Å². The fourth-order valence-electron chi connectivity index (χ4n) is 5.90. The molecule has 2 aromatic heterocycles. The van der Waals surface area contributed by atoms with E-state index in [2.05, 4.69) is 22.0 Å². The molecule has 0 unspecified atom stereocenters. The first-order valence-electron chi connectivity index (χ1n) is 13.5. The number of amides is 1. The van der Waals surface area contributed by atoms with E-state index in [1.807, 2.05) is 41.4 Å². The average molecular weight is 513 g/mol. The maximum atomic E-state index is 15.2. The number of carbonyl (C=O) groups is 1. The van der Waals surface area contributed by atoms with Crippen molar-refractivity contribution in [1.82, 2.24) is 19.4 Å². The van der Waals surface area contributed by atoms with Crippen molar-refractivity contribution in [3.63, 3.8) is 0 Å². The van der Waals surface area contributed by atoms with Gasteiger partial charge in [0.25, 0.3) is 5.56 Å². The zero-order valence-electron chi connectivity index (χ0n) is 21.6. The van der Waals surface area contributed by atoms with E-state index in [4.69, 9.17) is 0 Å². The second kappa shape index (κ2) is 10.2. The van der Waals surface area contributed by atoms with Gasteiger partial charge in [0.2, 0.25) is 5.91 Å². The quantitative estimate of drug-likeness (QED) is 0.399. The first-order chi connectivity index (χ1) is 18.5. The molecule has 0 spiro atoms. The van der Waals surface area contributed by atoms with Gasteiger partial charge in [0.05, 0.1) is 11.4 Å². The summed E-state index contributed by atoms with van der Waals surface area (Å²) in [4.78, 5) is 28.5. The van der Waals surface area contributed by atoms with E-state index in [-0.39, 0.29) is 35.2 Å². The molecule has 1 aliphatic carbocycles. The van der Waals surface area contributed by atoms with Gasteiger partial charge < -0.3 is 19.4 Å². The number of rotatable bonds is 7. The van der Waals surface area contributed by atoms with Gasteiger partial charge in [0.15, 0.2) is 0 Å². The summed E-state index contributed by atoms with van der Waals surface area (Å²) in [5, 5.41) is 3.98. The van der Waals surface area contributed by atoms with Gasteiger partial charge in [-0.25, -0.2) is 4.39 Å². The number of fused-ring (bicyclic) bond motifs is 1. The standard InChI is InChI=1S/C31H33FN4O2/c1-34-15-13-22(16-29(34)37)25-12-14-33-17-26(25)31(38)36(24-10-11-24)20-23-19-35(18-21-6-3-2-4-7-21)28-9-5-8-27(32)30(23)28/h2-9,13,15-16,19,24-26,33H,10-12,14,17-18,20H2,1H3/t25-,26+/m0/s1. The van der Waals surface area contributed by atoms with Crippen LogP contribution in [0.1, 0.15) is 41.9 Å². The Morgan fingerprint density at radius 3 is 2.66 bits per heavy atom.